The molecular formula is C16H21F2N5O. The lowest BCUT2D eigenvalue weighted by molar-refractivity contribution is -0.124. The highest BCUT2D eigenvalue weighted by Gasteiger charge is 2.28. The van der Waals surface area contributed by atoms with Gasteiger partial charge in [-0.25, -0.2) is 13.5 Å². The molecule has 1 N–H and O–H groups in total. The molecule has 130 valence electrons. The van der Waals surface area contributed by atoms with Crippen molar-refractivity contribution in [3.8, 4) is 0 Å². The zero-order chi connectivity index (χ0) is 18.1. The van der Waals surface area contributed by atoms with Gasteiger partial charge in [-0.3, -0.25) is 4.79 Å². The molecule has 0 unspecified atom stereocenters. The third kappa shape index (κ3) is 3.74. The van der Waals surface area contributed by atoms with Crippen LogP contribution in [0.5, 0.6) is 0 Å². The van der Waals surface area contributed by atoms with Crippen LogP contribution in [0.3, 0.4) is 0 Å². The molecule has 2 atom stereocenters. The maximum atomic E-state index is 13.8. The fraction of sp³-hybridized carbons (Fsp3) is 0.500. The van der Waals surface area contributed by atoms with E-state index in [0.717, 1.165) is 12.1 Å². The number of amides is 1. The van der Waals surface area contributed by atoms with E-state index in [1.807, 2.05) is 20.8 Å². The van der Waals surface area contributed by atoms with Crippen LogP contribution in [0.1, 0.15) is 58.1 Å². The third-order valence-corrected chi connectivity index (χ3v) is 3.70. The first-order valence-electron chi connectivity index (χ1n) is 7.65. The minimum atomic E-state index is -0.701. The first-order chi connectivity index (χ1) is 11.1. The average molecular weight is 337 g/mol. The second-order valence-corrected chi connectivity index (χ2v) is 6.77. The van der Waals surface area contributed by atoms with Gasteiger partial charge in [0.25, 0.3) is 0 Å². The molecule has 0 saturated carbocycles. The Morgan fingerprint density at radius 3 is 2.50 bits per heavy atom. The smallest absolute Gasteiger partial charge is 0.245 e. The number of carbonyl (C=O) groups is 1. The summed E-state index contributed by atoms with van der Waals surface area (Å²) in [6, 6.07) is 1.98. The fourth-order valence-corrected chi connectivity index (χ4v) is 2.32. The van der Waals surface area contributed by atoms with E-state index in [1.165, 1.54) is 10.7 Å². The number of nitrogens with one attached hydrogen (secondary N) is 1. The molecular weight excluding hydrogens is 316 g/mol. The Kier molecular flexibility index (Phi) is 4.96. The summed E-state index contributed by atoms with van der Waals surface area (Å²) in [4.78, 5) is 12.5. The maximum absolute atomic E-state index is 13.8. The van der Waals surface area contributed by atoms with E-state index in [2.05, 4.69) is 20.8 Å². The van der Waals surface area contributed by atoms with Gasteiger partial charge in [-0.15, -0.1) is 5.10 Å². The second kappa shape index (κ2) is 6.62. The molecule has 0 saturated heterocycles. The highest BCUT2D eigenvalue weighted by molar-refractivity contribution is 5.80. The van der Waals surface area contributed by atoms with E-state index in [1.54, 1.807) is 13.8 Å². The van der Waals surface area contributed by atoms with Crippen LogP contribution < -0.4 is 5.32 Å². The Hall–Kier alpha value is -2.38. The van der Waals surface area contributed by atoms with Crippen molar-refractivity contribution in [2.24, 2.45) is 0 Å². The second-order valence-electron chi connectivity index (χ2n) is 6.77. The first-order valence-corrected chi connectivity index (χ1v) is 7.65. The van der Waals surface area contributed by atoms with Crippen LogP contribution in [0.15, 0.2) is 18.2 Å². The van der Waals surface area contributed by atoms with E-state index in [-0.39, 0.29) is 16.9 Å². The summed E-state index contributed by atoms with van der Waals surface area (Å²) in [5.41, 5.74) is -0.114. The van der Waals surface area contributed by atoms with Gasteiger partial charge in [-0.2, -0.15) is 0 Å². The van der Waals surface area contributed by atoms with E-state index in [0.29, 0.717) is 5.82 Å². The molecule has 1 amide bonds. The minimum Gasteiger partial charge on any atom is -0.348 e. The van der Waals surface area contributed by atoms with Crippen LogP contribution in [0.4, 0.5) is 8.78 Å². The van der Waals surface area contributed by atoms with E-state index >= 15 is 0 Å². The summed E-state index contributed by atoms with van der Waals surface area (Å²) in [6.45, 7) is 9.11. The summed E-state index contributed by atoms with van der Waals surface area (Å²) in [5.74, 6) is -1.14. The molecule has 2 aromatic rings. The average Bonchev–Trinajstić information content (AvgIpc) is 2.95. The maximum Gasteiger partial charge on any atom is 0.245 e. The van der Waals surface area contributed by atoms with Gasteiger partial charge in [0.2, 0.25) is 5.91 Å². The summed E-state index contributed by atoms with van der Waals surface area (Å²) >= 11 is 0. The molecule has 0 spiro atoms. The molecule has 6 nitrogen and oxygen atoms in total. The van der Waals surface area contributed by atoms with Gasteiger partial charge in [-0.1, -0.05) is 26.8 Å². The number of nitrogens with zero attached hydrogens (tertiary/aromatic N) is 4. The Balaban J connectivity index is 2.16. The topological polar surface area (TPSA) is 72.7 Å². The van der Waals surface area contributed by atoms with Crippen molar-refractivity contribution >= 4 is 5.91 Å². The number of tetrazole rings is 1. The molecule has 1 aromatic heterocycles. The van der Waals surface area contributed by atoms with Crippen LogP contribution in [0, 0.1) is 11.6 Å². The van der Waals surface area contributed by atoms with Gasteiger partial charge < -0.3 is 5.32 Å². The number of carbonyl (C=O) groups excluding carboxylic acids is 1. The van der Waals surface area contributed by atoms with Crippen LogP contribution in [-0.2, 0) is 10.2 Å². The van der Waals surface area contributed by atoms with Crippen molar-refractivity contribution in [2.75, 3.05) is 0 Å². The molecule has 2 rings (SSSR count). The van der Waals surface area contributed by atoms with Crippen molar-refractivity contribution in [2.45, 2.75) is 52.1 Å². The predicted octanol–water partition coefficient (Wildman–Crippen LogP) is 2.69. The highest BCUT2D eigenvalue weighted by Crippen LogP contribution is 2.23. The predicted molar refractivity (Wildman–Crippen MR) is 84.1 cm³/mol. The van der Waals surface area contributed by atoms with E-state index < -0.39 is 23.7 Å². The van der Waals surface area contributed by atoms with Crippen molar-refractivity contribution in [3.05, 3.63) is 41.2 Å². The van der Waals surface area contributed by atoms with Gasteiger partial charge in [0.05, 0.1) is 6.04 Å². The standard InChI is InChI=1S/C16H21F2N5O/c1-9(12-7-6-11(17)8-13(12)18)19-14(24)10(2)23-15(16(3,4)5)20-21-22-23/h6-10H,1-5H3,(H,19,24)/t9-,10-/m0/s1. The summed E-state index contributed by atoms with van der Waals surface area (Å²) in [7, 11) is 0. The zero-order valence-electron chi connectivity index (χ0n) is 14.3. The van der Waals surface area contributed by atoms with Crippen LogP contribution in [0.25, 0.3) is 0 Å². The molecule has 1 heterocycles. The molecule has 0 aliphatic heterocycles. The first kappa shape index (κ1) is 18.0. The summed E-state index contributed by atoms with van der Waals surface area (Å²) < 4.78 is 28.3. The van der Waals surface area contributed by atoms with Crippen molar-refractivity contribution in [3.63, 3.8) is 0 Å². The summed E-state index contributed by atoms with van der Waals surface area (Å²) in [5, 5.41) is 14.2. The van der Waals surface area contributed by atoms with Gasteiger partial charge >= 0.3 is 0 Å². The van der Waals surface area contributed by atoms with Crippen LogP contribution >= 0.6 is 0 Å². The van der Waals surface area contributed by atoms with Gasteiger partial charge in [0.15, 0.2) is 5.82 Å². The Labute approximate surface area is 139 Å². The quantitative estimate of drug-likeness (QED) is 0.931. The lowest BCUT2D eigenvalue weighted by atomic mass is 9.95. The van der Waals surface area contributed by atoms with E-state index in [9.17, 15) is 13.6 Å². The Bertz CT molecular complexity index is 738. The highest BCUT2D eigenvalue weighted by atomic mass is 19.1. The Morgan fingerprint density at radius 1 is 1.25 bits per heavy atom. The van der Waals surface area contributed by atoms with Gasteiger partial charge in [0.1, 0.15) is 17.7 Å². The van der Waals surface area contributed by atoms with Crippen LogP contribution in [-0.4, -0.2) is 26.1 Å². The van der Waals surface area contributed by atoms with E-state index in [4.69, 9.17) is 0 Å². The van der Waals surface area contributed by atoms with Gasteiger partial charge in [0, 0.05) is 17.0 Å². The van der Waals surface area contributed by atoms with Crippen molar-refractivity contribution < 1.29 is 13.6 Å². The molecule has 0 aliphatic carbocycles. The van der Waals surface area contributed by atoms with Gasteiger partial charge in [-0.05, 0) is 30.3 Å². The molecule has 24 heavy (non-hydrogen) atoms. The number of halogens is 2. The largest absolute Gasteiger partial charge is 0.348 e. The number of rotatable bonds is 4. The molecule has 1 aromatic carbocycles. The number of hydrogen-bond donors (Lipinski definition) is 1. The fourth-order valence-electron chi connectivity index (χ4n) is 2.32. The monoisotopic (exact) mass is 337 g/mol. The normalized spacial score (nSPS) is 14.3. The summed E-state index contributed by atoms with van der Waals surface area (Å²) in [6.07, 6.45) is 0. The third-order valence-electron chi connectivity index (χ3n) is 3.70. The minimum absolute atomic E-state index is 0.213. The molecule has 8 heteroatoms. The Morgan fingerprint density at radius 2 is 1.92 bits per heavy atom. The van der Waals surface area contributed by atoms with Crippen molar-refractivity contribution in [1.29, 1.82) is 0 Å². The SMILES string of the molecule is C[C@H](NC(=O)[C@H](C)n1nnnc1C(C)(C)C)c1ccc(F)cc1F. The molecule has 0 radical (unpaired) electrons. The molecule has 0 fully saturated rings. The zero-order valence-corrected chi connectivity index (χ0v) is 14.3. The lowest BCUT2D eigenvalue weighted by Gasteiger charge is -2.22. The molecule has 0 bridgehead atoms. The lowest BCUT2D eigenvalue weighted by Crippen LogP contribution is -2.35. The molecule has 0 aliphatic rings. The van der Waals surface area contributed by atoms with Crippen molar-refractivity contribution in [1.82, 2.24) is 25.5 Å². The number of benzene rings is 1. The number of hydrogen-bond acceptors (Lipinski definition) is 4. The van der Waals surface area contributed by atoms with Crippen LogP contribution in [0.2, 0.25) is 0 Å². The number of aromatic nitrogens is 4.